The van der Waals surface area contributed by atoms with Gasteiger partial charge in [-0.1, -0.05) is 60.7 Å². The number of aromatic hydroxyl groups is 1. The molecule has 0 saturated heterocycles. The molecule has 0 aliphatic carbocycles. The summed E-state index contributed by atoms with van der Waals surface area (Å²) < 4.78 is 1.69. The number of fused-ring (bicyclic) bond motifs is 1. The van der Waals surface area contributed by atoms with Crippen LogP contribution in [0.25, 0.3) is 33.4 Å². The predicted octanol–water partition coefficient (Wildman–Crippen LogP) is 4.94. The maximum atomic E-state index is 13.7. The Morgan fingerprint density at radius 2 is 1.70 bits per heavy atom. The lowest BCUT2D eigenvalue weighted by molar-refractivity contribution is 0.479. The smallest absolute Gasteiger partial charge is 0.259 e. The second kappa shape index (κ2) is 7.57. The molecular formula is C24H17N3O2S. The standard InChI is InChI=1S/C24H17N3O2S/c28-21-12-25-22(20-14-30-15-26-20)23-19(21)11-18(17-9-5-2-6-10-17)24(29)27(23)13-16-7-3-1-4-8-16/h1-12,14-15,28H,13H2. The maximum Gasteiger partial charge on any atom is 0.259 e. The molecule has 1 N–H and O–H groups in total. The number of rotatable bonds is 4. The maximum absolute atomic E-state index is 13.7. The minimum Gasteiger partial charge on any atom is -0.506 e. The van der Waals surface area contributed by atoms with Crippen LogP contribution in [0.5, 0.6) is 5.75 Å². The third-order valence-corrected chi connectivity index (χ3v) is 5.64. The second-order valence-electron chi connectivity index (χ2n) is 6.93. The summed E-state index contributed by atoms with van der Waals surface area (Å²) in [5.41, 5.74) is 5.75. The summed E-state index contributed by atoms with van der Waals surface area (Å²) in [6.07, 6.45) is 1.42. The minimum atomic E-state index is -0.138. The summed E-state index contributed by atoms with van der Waals surface area (Å²) in [6, 6.07) is 21.0. The normalized spacial score (nSPS) is 11.1. The molecule has 0 aliphatic rings. The first kappa shape index (κ1) is 18.3. The molecule has 5 nitrogen and oxygen atoms in total. The molecule has 3 aromatic heterocycles. The molecule has 0 unspecified atom stereocenters. The third kappa shape index (κ3) is 3.17. The highest BCUT2D eigenvalue weighted by Crippen LogP contribution is 2.33. The molecule has 0 atom stereocenters. The highest BCUT2D eigenvalue weighted by atomic mass is 32.1. The van der Waals surface area contributed by atoms with Crippen molar-refractivity contribution < 1.29 is 5.11 Å². The zero-order valence-corrected chi connectivity index (χ0v) is 16.7. The molecule has 0 saturated carbocycles. The molecule has 5 aromatic rings. The Labute approximate surface area is 176 Å². The van der Waals surface area contributed by atoms with E-state index in [0.717, 1.165) is 11.1 Å². The van der Waals surface area contributed by atoms with E-state index in [1.54, 1.807) is 16.1 Å². The fourth-order valence-corrected chi connectivity index (χ4v) is 4.17. The Kier molecular flexibility index (Phi) is 4.61. The number of hydrogen-bond acceptors (Lipinski definition) is 5. The van der Waals surface area contributed by atoms with Gasteiger partial charge >= 0.3 is 0 Å². The number of benzene rings is 2. The number of thiazole rings is 1. The zero-order valence-electron chi connectivity index (χ0n) is 15.9. The lowest BCUT2D eigenvalue weighted by Gasteiger charge is -2.16. The Morgan fingerprint density at radius 3 is 2.40 bits per heavy atom. The van der Waals surface area contributed by atoms with Crippen LogP contribution in [-0.2, 0) is 6.54 Å². The molecule has 6 heteroatoms. The Morgan fingerprint density at radius 1 is 0.967 bits per heavy atom. The van der Waals surface area contributed by atoms with Gasteiger partial charge in [0.1, 0.15) is 17.1 Å². The van der Waals surface area contributed by atoms with E-state index in [1.165, 1.54) is 17.5 Å². The molecule has 146 valence electrons. The molecule has 0 aliphatic heterocycles. The molecule has 3 heterocycles. The number of aromatic nitrogens is 3. The summed E-state index contributed by atoms with van der Waals surface area (Å²) in [6.45, 7) is 0.360. The van der Waals surface area contributed by atoms with Crippen molar-refractivity contribution in [2.45, 2.75) is 6.54 Å². The SMILES string of the molecule is O=c1c(-c2ccccc2)cc2c(O)cnc(-c3cscn3)c2n1Cc1ccccc1. The van der Waals surface area contributed by atoms with Gasteiger partial charge < -0.3 is 9.67 Å². The molecule has 0 fully saturated rings. The largest absolute Gasteiger partial charge is 0.506 e. The monoisotopic (exact) mass is 411 g/mol. The van der Waals surface area contributed by atoms with Gasteiger partial charge in [0.25, 0.3) is 5.56 Å². The molecular weight excluding hydrogens is 394 g/mol. The number of nitrogens with zero attached hydrogens (tertiary/aromatic N) is 3. The van der Waals surface area contributed by atoms with Crippen LogP contribution in [0.4, 0.5) is 0 Å². The van der Waals surface area contributed by atoms with Crippen molar-refractivity contribution >= 4 is 22.2 Å². The van der Waals surface area contributed by atoms with Gasteiger partial charge in [-0.2, -0.15) is 0 Å². The summed E-state index contributed by atoms with van der Waals surface area (Å²) in [5, 5.41) is 13.1. The van der Waals surface area contributed by atoms with Crippen molar-refractivity contribution in [3.63, 3.8) is 0 Å². The number of pyridine rings is 2. The Balaban J connectivity index is 1.88. The van der Waals surface area contributed by atoms with Crippen molar-refractivity contribution in [2.75, 3.05) is 0 Å². The fraction of sp³-hybridized carbons (Fsp3) is 0.0417. The molecule has 0 amide bonds. The van der Waals surface area contributed by atoms with Crippen LogP contribution >= 0.6 is 11.3 Å². The van der Waals surface area contributed by atoms with Gasteiger partial charge in [-0.15, -0.1) is 11.3 Å². The van der Waals surface area contributed by atoms with Crippen LogP contribution in [-0.4, -0.2) is 19.6 Å². The summed E-state index contributed by atoms with van der Waals surface area (Å²) >= 11 is 1.46. The topological polar surface area (TPSA) is 68.0 Å². The van der Waals surface area contributed by atoms with Gasteiger partial charge in [-0.05, 0) is 17.2 Å². The van der Waals surface area contributed by atoms with Crippen LogP contribution in [0.3, 0.4) is 0 Å². The van der Waals surface area contributed by atoms with Crippen molar-refractivity contribution in [3.05, 3.63) is 99.7 Å². The molecule has 0 radical (unpaired) electrons. The van der Waals surface area contributed by atoms with E-state index in [-0.39, 0.29) is 11.3 Å². The zero-order chi connectivity index (χ0) is 20.5. The highest BCUT2D eigenvalue weighted by molar-refractivity contribution is 7.07. The van der Waals surface area contributed by atoms with Gasteiger partial charge in [0, 0.05) is 16.3 Å². The van der Waals surface area contributed by atoms with Crippen LogP contribution < -0.4 is 5.56 Å². The van der Waals surface area contributed by atoms with E-state index in [0.29, 0.717) is 34.4 Å². The average Bonchev–Trinajstić information content (AvgIpc) is 3.32. The lowest BCUT2D eigenvalue weighted by atomic mass is 10.0. The lowest BCUT2D eigenvalue weighted by Crippen LogP contribution is -2.23. The first-order chi connectivity index (χ1) is 14.7. The molecule has 0 spiro atoms. The Hall–Kier alpha value is -3.77. The third-order valence-electron chi connectivity index (χ3n) is 5.05. The van der Waals surface area contributed by atoms with Crippen molar-refractivity contribution in [3.8, 4) is 28.3 Å². The predicted molar refractivity (Wildman–Crippen MR) is 120 cm³/mol. The second-order valence-corrected chi connectivity index (χ2v) is 7.65. The van der Waals surface area contributed by atoms with Gasteiger partial charge in [-0.3, -0.25) is 4.79 Å². The highest BCUT2D eigenvalue weighted by Gasteiger charge is 2.19. The molecule has 0 bridgehead atoms. The van der Waals surface area contributed by atoms with E-state index in [2.05, 4.69) is 9.97 Å². The molecule has 2 aromatic carbocycles. The van der Waals surface area contributed by atoms with Crippen LogP contribution in [0, 0.1) is 0 Å². The van der Waals surface area contributed by atoms with Crippen LogP contribution in [0.2, 0.25) is 0 Å². The summed E-state index contributed by atoms with van der Waals surface area (Å²) in [7, 11) is 0. The first-order valence-corrected chi connectivity index (χ1v) is 10.4. The number of hydrogen-bond donors (Lipinski definition) is 1. The summed E-state index contributed by atoms with van der Waals surface area (Å²) in [4.78, 5) is 22.5. The van der Waals surface area contributed by atoms with E-state index >= 15 is 0 Å². The van der Waals surface area contributed by atoms with Crippen molar-refractivity contribution in [1.29, 1.82) is 0 Å². The van der Waals surface area contributed by atoms with Gasteiger partial charge in [-0.25, -0.2) is 9.97 Å². The van der Waals surface area contributed by atoms with Crippen molar-refractivity contribution in [2.24, 2.45) is 0 Å². The minimum absolute atomic E-state index is 0.0305. The van der Waals surface area contributed by atoms with E-state index < -0.39 is 0 Å². The average molecular weight is 411 g/mol. The fourth-order valence-electron chi connectivity index (χ4n) is 3.63. The van der Waals surface area contributed by atoms with E-state index in [4.69, 9.17) is 0 Å². The molecule has 5 rings (SSSR count). The van der Waals surface area contributed by atoms with Crippen molar-refractivity contribution in [1.82, 2.24) is 14.5 Å². The van der Waals surface area contributed by atoms with Gasteiger partial charge in [0.05, 0.1) is 23.8 Å². The van der Waals surface area contributed by atoms with Crippen LogP contribution in [0.1, 0.15) is 5.56 Å². The quantitative estimate of drug-likeness (QED) is 0.455. The van der Waals surface area contributed by atoms with E-state index in [1.807, 2.05) is 66.0 Å². The van der Waals surface area contributed by atoms with E-state index in [9.17, 15) is 9.90 Å². The summed E-state index contributed by atoms with van der Waals surface area (Å²) in [5.74, 6) is 0.0305. The first-order valence-electron chi connectivity index (χ1n) is 9.46. The molecule has 30 heavy (non-hydrogen) atoms. The Bertz CT molecular complexity index is 1380. The van der Waals surface area contributed by atoms with Gasteiger partial charge in [0.15, 0.2) is 0 Å². The van der Waals surface area contributed by atoms with Gasteiger partial charge in [0.2, 0.25) is 0 Å². The van der Waals surface area contributed by atoms with Crippen LogP contribution in [0.15, 0.2) is 88.6 Å².